The van der Waals surface area contributed by atoms with Crippen molar-refractivity contribution >= 4 is 5.91 Å². The number of hydrogen-bond acceptors (Lipinski definition) is 2. The molecule has 0 spiro atoms. The van der Waals surface area contributed by atoms with Gasteiger partial charge in [0.05, 0.1) is 0 Å². The lowest BCUT2D eigenvalue weighted by Gasteiger charge is -2.29. The summed E-state index contributed by atoms with van der Waals surface area (Å²) in [6.45, 7) is 3.45. The van der Waals surface area contributed by atoms with Crippen LogP contribution in [0.3, 0.4) is 0 Å². The van der Waals surface area contributed by atoms with Crippen molar-refractivity contribution in [2.24, 2.45) is 17.6 Å². The number of halogens is 1. The highest BCUT2D eigenvalue weighted by Gasteiger charge is 2.32. The maximum absolute atomic E-state index is 13.7. The molecule has 0 radical (unpaired) electrons. The van der Waals surface area contributed by atoms with Crippen LogP contribution < -0.4 is 5.73 Å². The van der Waals surface area contributed by atoms with E-state index in [9.17, 15) is 9.18 Å². The molecule has 1 saturated carbocycles. The summed E-state index contributed by atoms with van der Waals surface area (Å²) in [5.74, 6) is 0.804. The van der Waals surface area contributed by atoms with Gasteiger partial charge in [0, 0.05) is 25.0 Å². The highest BCUT2D eigenvalue weighted by Crippen LogP contribution is 2.28. The van der Waals surface area contributed by atoms with E-state index in [1.807, 2.05) is 17.0 Å². The zero-order valence-corrected chi connectivity index (χ0v) is 13.9. The number of hydrogen-bond donors (Lipinski definition) is 1. The van der Waals surface area contributed by atoms with Crippen molar-refractivity contribution in [1.29, 1.82) is 0 Å². The molecule has 23 heavy (non-hydrogen) atoms. The number of carbonyl (C=O) groups excluding carboxylic acids is 1. The van der Waals surface area contributed by atoms with E-state index in [1.165, 1.54) is 0 Å². The molecule has 1 amide bonds. The van der Waals surface area contributed by atoms with Crippen LogP contribution in [0.2, 0.25) is 0 Å². The summed E-state index contributed by atoms with van der Waals surface area (Å²) in [6.07, 6.45) is 5.69. The summed E-state index contributed by atoms with van der Waals surface area (Å²) >= 11 is 0. The lowest BCUT2D eigenvalue weighted by Crippen LogP contribution is -2.38. The average molecular weight is 318 g/mol. The lowest BCUT2D eigenvalue weighted by atomic mass is 9.85. The summed E-state index contributed by atoms with van der Waals surface area (Å²) < 4.78 is 13.7. The molecule has 2 fully saturated rings. The van der Waals surface area contributed by atoms with Crippen molar-refractivity contribution in [3.63, 3.8) is 0 Å². The Morgan fingerprint density at radius 3 is 2.70 bits per heavy atom. The molecule has 0 bridgehead atoms. The van der Waals surface area contributed by atoms with Gasteiger partial charge in [-0.05, 0) is 68.6 Å². The number of benzene rings is 1. The first kappa shape index (κ1) is 16.4. The van der Waals surface area contributed by atoms with Crippen molar-refractivity contribution in [2.45, 2.75) is 51.5 Å². The topological polar surface area (TPSA) is 46.3 Å². The number of likely N-dealkylation sites (tertiary alicyclic amines) is 1. The summed E-state index contributed by atoms with van der Waals surface area (Å²) in [5, 5.41) is 0. The molecule has 1 saturated heterocycles. The molecule has 2 aliphatic rings. The van der Waals surface area contributed by atoms with E-state index in [2.05, 4.69) is 0 Å². The highest BCUT2D eigenvalue weighted by atomic mass is 19.1. The largest absolute Gasteiger partial charge is 0.342 e. The van der Waals surface area contributed by atoms with Crippen LogP contribution in [0.1, 0.15) is 43.2 Å². The molecule has 1 atom stereocenters. The second kappa shape index (κ2) is 7.00. The zero-order chi connectivity index (χ0) is 16.4. The van der Waals surface area contributed by atoms with Gasteiger partial charge in [0.15, 0.2) is 0 Å². The molecule has 1 heterocycles. The number of amides is 1. The average Bonchev–Trinajstić information content (AvgIpc) is 2.99. The molecular formula is C19H27FN2O. The van der Waals surface area contributed by atoms with Crippen LogP contribution in [0.4, 0.5) is 4.39 Å². The third kappa shape index (κ3) is 3.92. The second-order valence-electron chi connectivity index (χ2n) is 7.34. The van der Waals surface area contributed by atoms with Gasteiger partial charge in [-0.25, -0.2) is 4.39 Å². The Morgan fingerprint density at radius 2 is 2.00 bits per heavy atom. The van der Waals surface area contributed by atoms with E-state index in [0.717, 1.165) is 57.2 Å². The summed E-state index contributed by atoms with van der Waals surface area (Å²) in [6, 6.07) is 5.77. The minimum atomic E-state index is -0.132. The van der Waals surface area contributed by atoms with Gasteiger partial charge in [-0.15, -0.1) is 0 Å². The van der Waals surface area contributed by atoms with Crippen LogP contribution in [0.5, 0.6) is 0 Å². The van der Waals surface area contributed by atoms with Crippen LogP contribution in [-0.4, -0.2) is 29.9 Å². The van der Waals surface area contributed by atoms with Gasteiger partial charge >= 0.3 is 0 Å². The molecule has 1 aromatic carbocycles. The summed E-state index contributed by atoms with van der Waals surface area (Å²) in [4.78, 5) is 14.7. The second-order valence-corrected chi connectivity index (χ2v) is 7.34. The van der Waals surface area contributed by atoms with Crippen LogP contribution in [0.15, 0.2) is 18.2 Å². The molecule has 4 heteroatoms. The Hall–Kier alpha value is -1.42. The highest BCUT2D eigenvalue weighted by molar-refractivity contribution is 5.79. The fourth-order valence-electron chi connectivity index (χ4n) is 3.92. The lowest BCUT2D eigenvalue weighted by molar-refractivity contribution is -0.135. The molecule has 1 aliphatic carbocycles. The third-order valence-electron chi connectivity index (χ3n) is 5.48. The summed E-state index contributed by atoms with van der Waals surface area (Å²) in [5.41, 5.74) is 7.65. The minimum absolute atomic E-state index is 0.132. The molecule has 126 valence electrons. The van der Waals surface area contributed by atoms with E-state index in [4.69, 9.17) is 5.73 Å². The fraction of sp³-hybridized carbons (Fsp3) is 0.632. The minimum Gasteiger partial charge on any atom is -0.342 e. The fourth-order valence-corrected chi connectivity index (χ4v) is 3.92. The number of rotatable bonds is 3. The molecule has 0 aromatic heterocycles. The quantitative estimate of drug-likeness (QED) is 0.931. The first-order chi connectivity index (χ1) is 11.0. The van der Waals surface area contributed by atoms with Gasteiger partial charge < -0.3 is 10.6 Å². The number of carbonyl (C=O) groups is 1. The first-order valence-electron chi connectivity index (χ1n) is 8.82. The van der Waals surface area contributed by atoms with Gasteiger partial charge in [-0.3, -0.25) is 4.79 Å². The number of nitrogens with two attached hydrogens (primary N) is 1. The van der Waals surface area contributed by atoms with Crippen molar-refractivity contribution in [3.8, 4) is 0 Å². The predicted molar refractivity (Wildman–Crippen MR) is 89.5 cm³/mol. The number of nitrogens with zero attached hydrogens (tertiary/aromatic N) is 1. The summed E-state index contributed by atoms with van der Waals surface area (Å²) in [7, 11) is 0. The molecule has 1 aliphatic heterocycles. The molecule has 3 rings (SSSR count). The van der Waals surface area contributed by atoms with Crippen molar-refractivity contribution in [1.82, 2.24) is 4.90 Å². The normalized spacial score (nSPS) is 28.1. The van der Waals surface area contributed by atoms with Crippen molar-refractivity contribution < 1.29 is 9.18 Å². The van der Waals surface area contributed by atoms with Gasteiger partial charge in [-0.2, -0.15) is 0 Å². The zero-order valence-electron chi connectivity index (χ0n) is 13.9. The van der Waals surface area contributed by atoms with Gasteiger partial charge in [0.2, 0.25) is 5.91 Å². The number of aryl methyl sites for hydroxylation is 1. The van der Waals surface area contributed by atoms with Crippen molar-refractivity contribution in [2.75, 3.05) is 13.1 Å². The molecule has 2 N–H and O–H groups in total. The molecule has 3 nitrogen and oxygen atoms in total. The van der Waals surface area contributed by atoms with E-state index in [1.54, 1.807) is 13.0 Å². The monoisotopic (exact) mass is 318 g/mol. The SMILES string of the molecule is Cc1ccc(CC2CCN(C(=O)C3CCC(N)CC3)C2)cc1F. The molecular weight excluding hydrogens is 291 g/mol. The van der Waals surface area contributed by atoms with Crippen molar-refractivity contribution in [3.05, 3.63) is 35.1 Å². The first-order valence-corrected chi connectivity index (χ1v) is 8.82. The van der Waals surface area contributed by atoms with Gasteiger partial charge in [0.25, 0.3) is 0 Å². The smallest absolute Gasteiger partial charge is 0.225 e. The van der Waals surface area contributed by atoms with E-state index in [-0.39, 0.29) is 17.8 Å². The van der Waals surface area contributed by atoms with Gasteiger partial charge in [0.1, 0.15) is 5.82 Å². The Bertz CT molecular complexity index is 566. The Labute approximate surface area is 138 Å². The Morgan fingerprint density at radius 1 is 1.26 bits per heavy atom. The molecule has 1 aromatic rings. The standard InChI is InChI=1S/C19H27FN2O/c1-13-2-3-14(11-18(13)20)10-15-8-9-22(12-15)19(23)16-4-6-17(21)7-5-16/h2-3,11,15-17H,4-10,12,21H2,1H3. The van der Waals surface area contributed by atoms with E-state index < -0.39 is 0 Å². The maximum Gasteiger partial charge on any atom is 0.225 e. The van der Waals surface area contributed by atoms with Crippen LogP contribution in [-0.2, 0) is 11.2 Å². The predicted octanol–water partition coefficient (Wildman–Crippen LogP) is 3.04. The maximum atomic E-state index is 13.7. The van der Waals surface area contributed by atoms with E-state index in [0.29, 0.717) is 17.4 Å². The van der Waals surface area contributed by atoms with Crippen LogP contribution in [0.25, 0.3) is 0 Å². The van der Waals surface area contributed by atoms with Gasteiger partial charge in [-0.1, -0.05) is 12.1 Å². The third-order valence-corrected chi connectivity index (χ3v) is 5.48. The van der Waals surface area contributed by atoms with Crippen LogP contribution >= 0.6 is 0 Å². The van der Waals surface area contributed by atoms with E-state index >= 15 is 0 Å². The Kier molecular flexibility index (Phi) is 5.00. The molecule has 1 unspecified atom stereocenters. The van der Waals surface area contributed by atoms with Crippen LogP contribution in [0, 0.1) is 24.6 Å². The Balaban J connectivity index is 1.53.